The van der Waals surface area contributed by atoms with Gasteiger partial charge < -0.3 is 0 Å². The first-order chi connectivity index (χ1) is 7.06. The predicted octanol–water partition coefficient (Wildman–Crippen LogP) is 4.52. The summed E-state index contributed by atoms with van der Waals surface area (Å²) in [5.74, 6) is 7.08. The predicted molar refractivity (Wildman–Crippen MR) is 69.9 cm³/mol. The number of hydrogen-bond donors (Lipinski definition) is 0. The van der Waals surface area contributed by atoms with Crippen LogP contribution in [0.25, 0.3) is 0 Å². The lowest BCUT2D eigenvalue weighted by Crippen LogP contribution is -2.04. The van der Waals surface area contributed by atoms with Gasteiger partial charge >= 0.3 is 0 Å². The van der Waals surface area contributed by atoms with Gasteiger partial charge in [-0.15, -0.1) is 5.92 Å². The highest BCUT2D eigenvalue weighted by molar-refractivity contribution is 9.10. The lowest BCUT2D eigenvalue weighted by atomic mass is 9.89. The fraction of sp³-hybridized carbons (Fsp3) is 0.429. The molecule has 0 aliphatic carbocycles. The van der Waals surface area contributed by atoms with Gasteiger partial charge in [0.1, 0.15) is 0 Å². The second kappa shape index (κ2) is 5.37. The van der Waals surface area contributed by atoms with E-state index in [4.69, 9.17) is 0 Å². The van der Waals surface area contributed by atoms with Crippen LogP contribution >= 0.6 is 15.9 Å². The maximum absolute atomic E-state index is 3.57. The molecule has 0 N–H and O–H groups in total. The van der Waals surface area contributed by atoms with Gasteiger partial charge in [0.25, 0.3) is 0 Å². The van der Waals surface area contributed by atoms with Crippen molar-refractivity contribution in [3.05, 3.63) is 33.8 Å². The normalized spacial score (nSPS) is 13.9. The van der Waals surface area contributed by atoms with Gasteiger partial charge in [-0.05, 0) is 37.0 Å². The van der Waals surface area contributed by atoms with Crippen LogP contribution in [0.4, 0.5) is 0 Å². The average Bonchev–Trinajstić information content (AvgIpc) is 2.21. The lowest BCUT2D eigenvalue weighted by molar-refractivity contribution is 0.609. The van der Waals surface area contributed by atoms with Gasteiger partial charge in [-0.3, -0.25) is 0 Å². The fourth-order valence-electron chi connectivity index (χ4n) is 1.53. The van der Waals surface area contributed by atoms with Crippen LogP contribution < -0.4 is 0 Å². The highest BCUT2D eigenvalue weighted by atomic mass is 79.9. The number of benzene rings is 1. The van der Waals surface area contributed by atoms with Gasteiger partial charge in [0.2, 0.25) is 0 Å². The first kappa shape index (κ1) is 12.3. The van der Waals surface area contributed by atoms with Gasteiger partial charge in [-0.1, -0.05) is 47.8 Å². The standard InChI is InChI=1S/C14H17Br/c1-5-6-10(2)12(4)13-8-7-11(3)14(15)9-13/h7-10,12H,1-4H3. The molecule has 0 aliphatic heterocycles. The van der Waals surface area contributed by atoms with E-state index in [-0.39, 0.29) is 0 Å². The molecule has 0 saturated heterocycles. The SMILES string of the molecule is CC#CC(C)C(C)c1ccc(C)c(Br)c1. The minimum absolute atomic E-state index is 0.407. The van der Waals surface area contributed by atoms with Gasteiger partial charge in [0, 0.05) is 10.4 Å². The highest BCUT2D eigenvalue weighted by Gasteiger charge is 2.12. The minimum Gasteiger partial charge on any atom is -0.106 e. The molecule has 0 aliphatic rings. The van der Waals surface area contributed by atoms with Crippen LogP contribution in [0, 0.1) is 24.7 Å². The molecule has 0 radical (unpaired) electrons. The highest BCUT2D eigenvalue weighted by Crippen LogP contribution is 2.27. The number of hydrogen-bond acceptors (Lipinski definition) is 0. The molecule has 1 heteroatoms. The van der Waals surface area contributed by atoms with Crippen molar-refractivity contribution in [2.24, 2.45) is 5.92 Å². The van der Waals surface area contributed by atoms with Crippen LogP contribution in [0.1, 0.15) is 37.8 Å². The average molecular weight is 265 g/mol. The summed E-state index contributed by atoms with van der Waals surface area (Å²) < 4.78 is 1.18. The molecule has 0 aromatic heterocycles. The maximum atomic E-state index is 3.57. The summed E-state index contributed by atoms with van der Waals surface area (Å²) in [7, 11) is 0. The monoisotopic (exact) mass is 264 g/mol. The largest absolute Gasteiger partial charge is 0.106 e. The van der Waals surface area contributed by atoms with E-state index >= 15 is 0 Å². The van der Waals surface area contributed by atoms with Crippen molar-refractivity contribution in [3.63, 3.8) is 0 Å². The van der Waals surface area contributed by atoms with Crippen molar-refractivity contribution >= 4 is 15.9 Å². The third-order valence-electron chi connectivity index (χ3n) is 2.84. The second-order valence-electron chi connectivity index (χ2n) is 3.98. The molecule has 15 heavy (non-hydrogen) atoms. The Bertz CT molecular complexity index is 396. The molecule has 1 aromatic rings. The Labute approximate surface area is 101 Å². The number of halogens is 1. The molecular weight excluding hydrogens is 248 g/mol. The van der Waals surface area contributed by atoms with Gasteiger partial charge in [0.05, 0.1) is 0 Å². The topological polar surface area (TPSA) is 0 Å². The fourth-order valence-corrected chi connectivity index (χ4v) is 1.93. The summed E-state index contributed by atoms with van der Waals surface area (Å²) in [6, 6.07) is 6.55. The second-order valence-corrected chi connectivity index (χ2v) is 4.83. The Balaban J connectivity index is 2.94. The third kappa shape index (κ3) is 3.11. The molecule has 1 rings (SSSR count). The van der Waals surface area contributed by atoms with Crippen molar-refractivity contribution in [2.75, 3.05) is 0 Å². The van der Waals surface area contributed by atoms with Crippen molar-refractivity contribution in [1.82, 2.24) is 0 Å². The van der Waals surface area contributed by atoms with E-state index in [2.05, 4.69) is 66.7 Å². The summed E-state index contributed by atoms with van der Waals surface area (Å²) >= 11 is 3.57. The molecule has 2 unspecified atom stereocenters. The Morgan fingerprint density at radius 1 is 1.27 bits per heavy atom. The molecule has 0 heterocycles. The lowest BCUT2D eigenvalue weighted by Gasteiger charge is -2.16. The zero-order chi connectivity index (χ0) is 11.4. The van der Waals surface area contributed by atoms with Gasteiger partial charge in [0.15, 0.2) is 0 Å². The van der Waals surface area contributed by atoms with E-state index in [1.807, 2.05) is 6.92 Å². The Kier molecular flexibility index (Phi) is 4.42. The van der Waals surface area contributed by atoms with E-state index in [1.54, 1.807) is 0 Å². The van der Waals surface area contributed by atoms with Crippen LogP contribution in [-0.4, -0.2) is 0 Å². The van der Waals surface area contributed by atoms with E-state index in [0.29, 0.717) is 11.8 Å². The molecule has 0 nitrogen and oxygen atoms in total. The van der Waals surface area contributed by atoms with Crippen LogP contribution in [0.3, 0.4) is 0 Å². The van der Waals surface area contributed by atoms with Crippen LogP contribution in [0.15, 0.2) is 22.7 Å². The van der Waals surface area contributed by atoms with Gasteiger partial charge in [-0.25, -0.2) is 0 Å². The zero-order valence-electron chi connectivity index (χ0n) is 9.76. The van der Waals surface area contributed by atoms with Crippen LogP contribution in [-0.2, 0) is 0 Å². The van der Waals surface area contributed by atoms with Crippen molar-refractivity contribution in [2.45, 2.75) is 33.6 Å². The van der Waals surface area contributed by atoms with Crippen molar-refractivity contribution in [3.8, 4) is 11.8 Å². The van der Waals surface area contributed by atoms with E-state index < -0.39 is 0 Å². The summed E-state index contributed by atoms with van der Waals surface area (Å²) in [6.07, 6.45) is 0. The molecule has 0 spiro atoms. The van der Waals surface area contributed by atoms with Crippen molar-refractivity contribution in [1.29, 1.82) is 0 Å². The van der Waals surface area contributed by atoms with Gasteiger partial charge in [-0.2, -0.15) is 0 Å². The number of rotatable bonds is 2. The van der Waals surface area contributed by atoms with Crippen molar-refractivity contribution < 1.29 is 0 Å². The molecule has 2 atom stereocenters. The molecule has 0 amide bonds. The summed E-state index contributed by atoms with van der Waals surface area (Å²) in [6.45, 7) is 8.41. The van der Waals surface area contributed by atoms with E-state index in [0.717, 1.165) is 0 Å². The molecule has 0 fully saturated rings. The Hall–Kier alpha value is -0.740. The quantitative estimate of drug-likeness (QED) is 0.689. The first-order valence-electron chi connectivity index (χ1n) is 5.24. The Morgan fingerprint density at radius 2 is 1.93 bits per heavy atom. The summed E-state index contributed by atoms with van der Waals surface area (Å²) in [5.41, 5.74) is 2.63. The molecule has 0 saturated carbocycles. The van der Waals surface area contributed by atoms with Crippen LogP contribution in [0.2, 0.25) is 0 Å². The molecule has 1 aromatic carbocycles. The van der Waals surface area contributed by atoms with E-state index in [1.165, 1.54) is 15.6 Å². The zero-order valence-corrected chi connectivity index (χ0v) is 11.4. The van der Waals surface area contributed by atoms with Crippen LogP contribution in [0.5, 0.6) is 0 Å². The maximum Gasteiger partial charge on any atom is 0.0240 e. The third-order valence-corrected chi connectivity index (χ3v) is 3.70. The summed E-state index contributed by atoms with van der Waals surface area (Å²) in [5, 5.41) is 0. The smallest absolute Gasteiger partial charge is 0.0240 e. The minimum atomic E-state index is 0.407. The summed E-state index contributed by atoms with van der Waals surface area (Å²) in [4.78, 5) is 0. The number of aryl methyl sites for hydroxylation is 1. The molecule has 80 valence electrons. The molecule has 0 bridgehead atoms. The van der Waals surface area contributed by atoms with E-state index in [9.17, 15) is 0 Å². The molecular formula is C14H17Br. The Morgan fingerprint density at radius 3 is 2.47 bits per heavy atom. The first-order valence-corrected chi connectivity index (χ1v) is 6.04.